The average molecular weight is 207 g/mol. The van der Waals surface area contributed by atoms with Gasteiger partial charge < -0.3 is 5.32 Å². The zero-order chi connectivity index (χ0) is 10.8. The van der Waals surface area contributed by atoms with Gasteiger partial charge in [-0.15, -0.1) is 0 Å². The summed E-state index contributed by atoms with van der Waals surface area (Å²) in [5.41, 5.74) is 2.95. The molecular weight excluding hydrogens is 186 g/mol. The molecule has 0 saturated carbocycles. The van der Waals surface area contributed by atoms with Gasteiger partial charge in [0.2, 0.25) is 0 Å². The Morgan fingerprint density at radius 2 is 2.40 bits per heavy atom. The Labute approximate surface area is 91.9 Å². The van der Waals surface area contributed by atoms with Gasteiger partial charge in [0, 0.05) is 24.2 Å². The Bertz CT molecular complexity index is 328. The number of nitrogens with zero attached hydrogens (tertiary/aromatic N) is 2. The Balaban J connectivity index is 2.34. The van der Waals surface area contributed by atoms with Crippen molar-refractivity contribution in [1.29, 1.82) is 0 Å². The molecule has 15 heavy (non-hydrogen) atoms. The Morgan fingerprint density at radius 3 is 3.07 bits per heavy atom. The number of likely N-dealkylation sites (N-methyl/N-ethyl adjacent to an activating group) is 1. The molecule has 3 nitrogen and oxygen atoms in total. The van der Waals surface area contributed by atoms with E-state index in [1.807, 2.05) is 7.05 Å². The van der Waals surface area contributed by atoms with E-state index in [1.165, 1.54) is 30.5 Å². The number of aromatic nitrogens is 2. The Hall–Kier alpha value is -0.830. The minimum absolute atomic E-state index is 0.478. The molecule has 0 fully saturated rings. The van der Waals surface area contributed by atoms with Crippen molar-refractivity contribution in [1.82, 2.24) is 15.1 Å². The van der Waals surface area contributed by atoms with E-state index in [4.69, 9.17) is 0 Å². The first-order valence-corrected chi connectivity index (χ1v) is 5.95. The first kappa shape index (κ1) is 10.7. The molecule has 0 bridgehead atoms. The largest absolute Gasteiger partial charge is 0.319 e. The molecule has 2 rings (SSSR count). The molecule has 1 unspecified atom stereocenters. The van der Waals surface area contributed by atoms with Gasteiger partial charge in [-0.05, 0) is 45.7 Å². The van der Waals surface area contributed by atoms with Crippen LogP contribution in [-0.2, 0) is 6.42 Å². The second-order valence-corrected chi connectivity index (χ2v) is 4.74. The number of rotatable bonds is 3. The second-order valence-electron chi connectivity index (χ2n) is 4.74. The van der Waals surface area contributed by atoms with Crippen LogP contribution in [-0.4, -0.2) is 23.4 Å². The van der Waals surface area contributed by atoms with Crippen LogP contribution in [0.3, 0.4) is 0 Å². The van der Waals surface area contributed by atoms with Crippen LogP contribution in [0, 0.1) is 0 Å². The number of hydrogen-bond acceptors (Lipinski definition) is 2. The van der Waals surface area contributed by atoms with Crippen LogP contribution in [0.4, 0.5) is 0 Å². The van der Waals surface area contributed by atoms with Crippen molar-refractivity contribution < 1.29 is 0 Å². The van der Waals surface area contributed by atoms with Gasteiger partial charge in [0.15, 0.2) is 0 Å². The average Bonchev–Trinajstić information content (AvgIpc) is 2.62. The zero-order valence-electron chi connectivity index (χ0n) is 9.95. The van der Waals surface area contributed by atoms with Gasteiger partial charge in [0.05, 0.1) is 6.20 Å². The normalized spacial score (nSPS) is 20.7. The summed E-state index contributed by atoms with van der Waals surface area (Å²) in [6, 6.07) is 0.478. The first-order valence-electron chi connectivity index (χ1n) is 5.95. The molecule has 3 heteroatoms. The van der Waals surface area contributed by atoms with Gasteiger partial charge in [-0.2, -0.15) is 5.10 Å². The third-order valence-electron chi connectivity index (χ3n) is 3.24. The Morgan fingerprint density at radius 1 is 1.60 bits per heavy atom. The highest BCUT2D eigenvalue weighted by molar-refractivity contribution is 5.25. The standard InChI is InChI=1S/C12H21N3/c1-9(2)15-12-10(7-13-3)5-4-6-11(12)8-14-15/h8-10,13H,4-7H2,1-3H3. The van der Waals surface area contributed by atoms with Crippen LogP contribution in [0.2, 0.25) is 0 Å². The van der Waals surface area contributed by atoms with Gasteiger partial charge in [0.1, 0.15) is 0 Å². The highest BCUT2D eigenvalue weighted by Gasteiger charge is 2.25. The summed E-state index contributed by atoms with van der Waals surface area (Å²) in [4.78, 5) is 0. The lowest BCUT2D eigenvalue weighted by atomic mass is 9.87. The van der Waals surface area contributed by atoms with E-state index in [1.54, 1.807) is 0 Å². The molecule has 1 atom stereocenters. The van der Waals surface area contributed by atoms with Crippen molar-refractivity contribution in [2.24, 2.45) is 0 Å². The molecule has 0 aliphatic heterocycles. The smallest absolute Gasteiger partial charge is 0.0524 e. The maximum Gasteiger partial charge on any atom is 0.0524 e. The fourth-order valence-electron chi connectivity index (χ4n) is 2.58. The van der Waals surface area contributed by atoms with Crippen molar-refractivity contribution >= 4 is 0 Å². The first-order chi connectivity index (χ1) is 7.24. The maximum absolute atomic E-state index is 4.52. The second kappa shape index (κ2) is 4.35. The molecule has 0 saturated heterocycles. The van der Waals surface area contributed by atoms with Gasteiger partial charge in [-0.3, -0.25) is 4.68 Å². The molecule has 1 aromatic heterocycles. The van der Waals surface area contributed by atoms with Gasteiger partial charge >= 0.3 is 0 Å². The number of nitrogens with one attached hydrogen (secondary N) is 1. The van der Waals surface area contributed by atoms with Crippen molar-refractivity contribution in [2.75, 3.05) is 13.6 Å². The summed E-state index contributed by atoms with van der Waals surface area (Å²) in [5, 5.41) is 7.81. The number of hydrogen-bond donors (Lipinski definition) is 1. The summed E-state index contributed by atoms with van der Waals surface area (Å²) in [7, 11) is 2.03. The van der Waals surface area contributed by atoms with Crippen molar-refractivity contribution in [2.45, 2.75) is 45.1 Å². The highest BCUT2D eigenvalue weighted by Crippen LogP contribution is 2.32. The van der Waals surface area contributed by atoms with E-state index in [9.17, 15) is 0 Å². The van der Waals surface area contributed by atoms with Crippen LogP contribution >= 0.6 is 0 Å². The molecule has 1 aromatic rings. The topological polar surface area (TPSA) is 29.9 Å². The SMILES string of the molecule is CNCC1CCCc2cnn(C(C)C)c21. The quantitative estimate of drug-likeness (QED) is 0.822. The van der Waals surface area contributed by atoms with E-state index in [0.29, 0.717) is 12.0 Å². The molecule has 0 aromatic carbocycles. The minimum Gasteiger partial charge on any atom is -0.319 e. The van der Waals surface area contributed by atoms with Crippen molar-refractivity contribution in [3.05, 3.63) is 17.5 Å². The third kappa shape index (κ3) is 1.93. The monoisotopic (exact) mass is 207 g/mol. The summed E-state index contributed by atoms with van der Waals surface area (Å²) in [5.74, 6) is 0.656. The fraction of sp³-hybridized carbons (Fsp3) is 0.750. The molecule has 0 amide bonds. The lowest BCUT2D eigenvalue weighted by Crippen LogP contribution is -2.24. The van der Waals surface area contributed by atoms with Crippen LogP contribution in [0.25, 0.3) is 0 Å². The molecule has 1 heterocycles. The zero-order valence-corrected chi connectivity index (χ0v) is 9.95. The number of aryl methyl sites for hydroxylation is 1. The van der Waals surface area contributed by atoms with Crippen molar-refractivity contribution in [3.8, 4) is 0 Å². The van der Waals surface area contributed by atoms with Crippen LogP contribution in [0.15, 0.2) is 6.20 Å². The fourth-order valence-corrected chi connectivity index (χ4v) is 2.58. The molecule has 84 valence electrons. The number of fused-ring (bicyclic) bond motifs is 1. The lowest BCUT2D eigenvalue weighted by molar-refractivity contribution is 0.443. The predicted octanol–water partition coefficient (Wildman–Crippen LogP) is 2.10. The maximum atomic E-state index is 4.52. The summed E-state index contributed by atoms with van der Waals surface area (Å²) in [6.07, 6.45) is 5.88. The molecule has 0 radical (unpaired) electrons. The van der Waals surface area contributed by atoms with E-state index in [2.05, 4.69) is 35.1 Å². The van der Waals surface area contributed by atoms with Gasteiger partial charge in [-0.25, -0.2) is 0 Å². The Kier molecular flexibility index (Phi) is 3.10. The van der Waals surface area contributed by atoms with Crippen LogP contribution < -0.4 is 5.32 Å². The summed E-state index contributed by atoms with van der Waals surface area (Å²) in [6.45, 7) is 5.49. The molecule has 1 N–H and O–H groups in total. The highest BCUT2D eigenvalue weighted by atomic mass is 15.3. The molecule has 1 aliphatic rings. The van der Waals surface area contributed by atoms with Crippen LogP contribution in [0.5, 0.6) is 0 Å². The van der Waals surface area contributed by atoms with Crippen LogP contribution in [0.1, 0.15) is 49.9 Å². The summed E-state index contributed by atoms with van der Waals surface area (Å²) >= 11 is 0. The van der Waals surface area contributed by atoms with E-state index >= 15 is 0 Å². The predicted molar refractivity (Wildman–Crippen MR) is 62.2 cm³/mol. The molecular formula is C12H21N3. The van der Waals surface area contributed by atoms with Gasteiger partial charge in [-0.1, -0.05) is 0 Å². The minimum atomic E-state index is 0.478. The van der Waals surface area contributed by atoms with E-state index in [0.717, 1.165) is 6.54 Å². The van der Waals surface area contributed by atoms with Crippen molar-refractivity contribution in [3.63, 3.8) is 0 Å². The lowest BCUT2D eigenvalue weighted by Gasteiger charge is -2.25. The molecule has 0 spiro atoms. The molecule has 1 aliphatic carbocycles. The van der Waals surface area contributed by atoms with E-state index in [-0.39, 0.29) is 0 Å². The van der Waals surface area contributed by atoms with Gasteiger partial charge in [0.25, 0.3) is 0 Å². The van der Waals surface area contributed by atoms with E-state index < -0.39 is 0 Å². The summed E-state index contributed by atoms with van der Waals surface area (Å²) < 4.78 is 2.20. The third-order valence-corrected chi connectivity index (χ3v) is 3.24.